The van der Waals surface area contributed by atoms with E-state index in [1.165, 1.54) is 19.2 Å². The molecule has 70 valence electrons. The number of carbonyl (C=O) groups is 2. The minimum atomic E-state index is -1.17. The van der Waals surface area contributed by atoms with E-state index in [9.17, 15) is 9.59 Å². The maximum absolute atomic E-state index is 10.7. The van der Waals surface area contributed by atoms with Crippen molar-refractivity contribution in [2.45, 2.75) is 13.3 Å². The van der Waals surface area contributed by atoms with Crippen LogP contribution < -0.4 is 0 Å². The first-order chi connectivity index (χ1) is 5.96. The Labute approximate surface area is 74.4 Å². The van der Waals surface area contributed by atoms with Gasteiger partial charge in [-0.05, 0) is 13.0 Å². The van der Waals surface area contributed by atoms with Crippen LogP contribution in [0.4, 0.5) is 0 Å². The van der Waals surface area contributed by atoms with E-state index in [0.717, 1.165) is 0 Å². The molecule has 2 N–H and O–H groups in total. The average Bonchev–Trinajstić information content (AvgIpc) is 2.04. The Morgan fingerprint density at radius 3 is 2.62 bits per heavy atom. The number of nitrogens with zero attached hydrogens (tertiary/aromatic N) is 1. The molecule has 1 atom stereocenters. The first kappa shape index (κ1) is 9.44. The molecule has 13 heavy (non-hydrogen) atoms. The monoisotopic (exact) mass is 183 g/mol. The van der Waals surface area contributed by atoms with Crippen LogP contribution in [0.15, 0.2) is 17.3 Å². The zero-order valence-electron chi connectivity index (χ0n) is 7.02. The molecule has 0 aromatic rings. The molecule has 1 unspecified atom stereocenters. The Balaban J connectivity index is 2.92. The summed E-state index contributed by atoms with van der Waals surface area (Å²) in [6.07, 6.45) is 2.54. The zero-order chi connectivity index (χ0) is 10.1. The van der Waals surface area contributed by atoms with Gasteiger partial charge in [0.1, 0.15) is 5.71 Å². The SMILES string of the molecule is CC1(C(=O)O)C=CN=C(C(=O)O)C1. The minimum absolute atomic E-state index is 0.0752. The molecule has 0 aromatic heterocycles. The lowest BCUT2D eigenvalue weighted by molar-refractivity contribution is -0.144. The standard InChI is InChI=1S/C8H9NO4/c1-8(7(12)13)2-3-9-5(4-8)6(10)11/h2-3H,4H2,1H3,(H,10,11)(H,12,13). The number of aliphatic carboxylic acids is 2. The number of hydrogen-bond donors (Lipinski definition) is 2. The molecular weight excluding hydrogens is 174 g/mol. The molecule has 5 nitrogen and oxygen atoms in total. The summed E-state index contributed by atoms with van der Waals surface area (Å²) in [5.41, 5.74) is -1.26. The summed E-state index contributed by atoms with van der Waals surface area (Å²) >= 11 is 0. The van der Waals surface area contributed by atoms with Crippen molar-refractivity contribution in [2.75, 3.05) is 0 Å². The summed E-state index contributed by atoms with van der Waals surface area (Å²) in [4.78, 5) is 24.8. The predicted molar refractivity (Wildman–Crippen MR) is 44.6 cm³/mol. The van der Waals surface area contributed by atoms with Crippen molar-refractivity contribution >= 4 is 17.7 Å². The molecule has 0 radical (unpaired) electrons. The van der Waals surface area contributed by atoms with Crippen molar-refractivity contribution in [3.05, 3.63) is 12.3 Å². The molecule has 1 aliphatic heterocycles. The van der Waals surface area contributed by atoms with Crippen LogP contribution in [0.5, 0.6) is 0 Å². The van der Waals surface area contributed by atoms with E-state index < -0.39 is 17.4 Å². The minimum Gasteiger partial charge on any atom is -0.481 e. The fourth-order valence-electron chi connectivity index (χ4n) is 1.02. The highest BCUT2D eigenvalue weighted by atomic mass is 16.4. The molecule has 1 aliphatic rings. The van der Waals surface area contributed by atoms with Crippen LogP contribution in [0, 0.1) is 5.41 Å². The maximum atomic E-state index is 10.7. The van der Waals surface area contributed by atoms with Gasteiger partial charge >= 0.3 is 11.9 Å². The second-order valence-electron chi connectivity index (χ2n) is 3.10. The second kappa shape index (κ2) is 3.01. The highest BCUT2D eigenvalue weighted by Gasteiger charge is 2.35. The maximum Gasteiger partial charge on any atom is 0.350 e. The molecule has 0 saturated heterocycles. The fourth-order valence-corrected chi connectivity index (χ4v) is 1.02. The summed E-state index contributed by atoms with van der Waals surface area (Å²) in [6.45, 7) is 1.46. The van der Waals surface area contributed by atoms with Gasteiger partial charge in [-0.3, -0.25) is 9.79 Å². The third-order valence-corrected chi connectivity index (χ3v) is 1.94. The summed E-state index contributed by atoms with van der Waals surface area (Å²) in [7, 11) is 0. The van der Waals surface area contributed by atoms with Gasteiger partial charge in [-0.25, -0.2) is 4.79 Å². The molecule has 0 aromatic carbocycles. The Hall–Kier alpha value is -1.65. The molecule has 1 rings (SSSR count). The van der Waals surface area contributed by atoms with E-state index in [1.807, 2.05) is 0 Å². The second-order valence-corrected chi connectivity index (χ2v) is 3.10. The van der Waals surface area contributed by atoms with Gasteiger partial charge in [0, 0.05) is 12.6 Å². The molecule has 0 spiro atoms. The molecule has 5 heteroatoms. The van der Waals surface area contributed by atoms with Crippen molar-refractivity contribution in [1.82, 2.24) is 0 Å². The van der Waals surface area contributed by atoms with Crippen LogP contribution in [0.1, 0.15) is 13.3 Å². The lowest BCUT2D eigenvalue weighted by atomic mass is 9.83. The molecule has 0 amide bonds. The lowest BCUT2D eigenvalue weighted by Gasteiger charge is -2.22. The first-order valence-electron chi connectivity index (χ1n) is 3.67. The van der Waals surface area contributed by atoms with Crippen molar-refractivity contribution in [1.29, 1.82) is 0 Å². The number of aliphatic imine (C=N–C) groups is 1. The topological polar surface area (TPSA) is 87.0 Å². The smallest absolute Gasteiger partial charge is 0.350 e. The van der Waals surface area contributed by atoms with E-state index in [4.69, 9.17) is 10.2 Å². The number of carboxylic acid groups (broad SMARTS) is 2. The Kier molecular flexibility index (Phi) is 2.18. The van der Waals surface area contributed by atoms with Crippen molar-refractivity contribution < 1.29 is 19.8 Å². The third kappa shape index (κ3) is 1.74. The van der Waals surface area contributed by atoms with E-state index in [-0.39, 0.29) is 12.1 Å². The van der Waals surface area contributed by atoms with Crippen LogP contribution in [0.3, 0.4) is 0 Å². The van der Waals surface area contributed by atoms with Gasteiger partial charge in [0.05, 0.1) is 5.41 Å². The van der Waals surface area contributed by atoms with Crippen LogP contribution in [-0.2, 0) is 9.59 Å². The first-order valence-corrected chi connectivity index (χ1v) is 3.67. The van der Waals surface area contributed by atoms with Gasteiger partial charge in [0.25, 0.3) is 0 Å². The number of hydrogen-bond acceptors (Lipinski definition) is 3. The predicted octanol–water partition coefficient (Wildman–Crippen LogP) is 0.520. The van der Waals surface area contributed by atoms with Gasteiger partial charge in [-0.15, -0.1) is 0 Å². The number of rotatable bonds is 2. The van der Waals surface area contributed by atoms with Crippen LogP contribution >= 0.6 is 0 Å². The quantitative estimate of drug-likeness (QED) is 0.653. The summed E-state index contributed by atoms with van der Waals surface area (Å²) in [5, 5.41) is 17.4. The Morgan fingerprint density at radius 2 is 2.15 bits per heavy atom. The molecule has 1 heterocycles. The van der Waals surface area contributed by atoms with E-state index >= 15 is 0 Å². The Morgan fingerprint density at radius 1 is 1.54 bits per heavy atom. The van der Waals surface area contributed by atoms with Crippen molar-refractivity contribution in [3.63, 3.8) is 0 Å². The molecule has 0 bridgehead atoms. The largest absolute Gasteiger partial charge is 0.481 e. The number of carboxylic acids is 2. The van der Waals surface area contributed by atoms with E-state index in [2.05, 4.69) is 4.99 Å². The molecule has 0 aliphatic carbocycles. The van der Waals surface area contributed by atoms with Crippen molar-refractivity contribution in [3.8, 4) is 0 Å². The van der Waals surface area contributed by atoms with Crippen LogP contribution in [0.2, 0.25) is 0 Å². The third-order valence-electron chi connectivity index (χ3n) is 1.94. The van der Waals surface area contributed by atoms with Crippen molar-refractivity contribution in [2.24, 2.45) is 10.4 Å². The summed E-state index contributed by atoms with van der Waals surface area (Å²) in [5.74, 6) is -2.21. The summed E-state index contributed by atoms with van der Waals surface area (Å²) in [6, 6.07) is 0. The summed E-state index contributed by atoms with van der Waals surface area (Å²) < 4.78 is 0. The van der Waals surface area contributed by atoms with Gasteiger partial charge in [0.2, 0.25) is 0 Å². The van der Waals surface area contributed by atoms with Gasteiger partial charge in [-0.1, -0.05) is 0 Å². The van der Waals surface area contributed by atoms with E-state index in [0.29, 0.717) is 0 Å². The average molecular weight is 183 g/mol. The highest BCUT2D eigenvalue weighted by Crippen LogP contribution is 2.27. The van der Waals surface area contributed by atoms with Gasteiger partial charge in [-0.2, -0.15) is 0 Å². The van der Waals surface area contributed by atoms with Crippen LogP contribution in [-0.4, -0.2) is 27.9 Å². The zero-order valence-corrected chi connectivity index (χ0v) is 7.02. The molecule has 0 fully saturated rings. The Bertz CT molecular complexity index is 318. The van der Waals surface area contributed by atoms with Crippen LogP contribution in [0.25, 0.3) is 0 Å². The van der Waals surface area contributed by atoms with Gasteiger partial charge in [0.15, 0.2) is 0 Å². The molecule has 0 saturated carbocycles. The normalized spacial score (nSPS) is 26.7. The molecular formula is C8H9NO4. The van der Waals surface area contributed by atoms with E-state index in [1.54, 1.807) is 0 Å². The highest BCUT2D eigenvalue weighted by molar-refractivity contribution is 6.36. The fraction of sp³-hybridized carbons (Fsp3) is 0.375. The van der Waals surface area contributed by atoms with Gasteiger partial charge < -0.3 is 10.2 Å². The lowest BCUT2D eigenvalue weighted by Crippen LogP contribution is -2.32.